The fraction of sp³-hybridized carbons (Fsp3) is 0.200. The van der Waals surface area contributed by atoms with Crippen LogP contribution in [0.25, 0.3) is 22.2 Å². The predicted molar refractivity (Wildman–Crippen MR) is 77.8 cm³/mol. The third-order valence-corrected chi connectivity index (χ3v) is 3.33. The molecule has 2 aromatic carbocycles. The van der Waals surface area contributed by atoms with Crippen molar-refractivity contribution in [2.75, 3.05) is 18.5 Å². The Bertz CT molecular complexity index is 752. The third-order valence-electron chi connectivity index (χ3n) is 3.33. The van der Waals surface area contributed by atoms with Gasteiger partial charge in [0.15, 0.2) is 0 Å². The number of aromatic nitrogens is 2. The van der Waals surface area contributed by atoms with Crippen molar-refractivity contribution in [1.29, 1.82) is 0 Å². The molecule has 0 saturated heterocycles. The molecular formula is C15H15N3O2. The van der Waals surface area contributed by atoms with Gasteiger partial charge in [0, 0.05) is 13.6 Å². The van der Waals surface area contributed by atoms with Gasteiger partial charge in [-0.1, -0.05) is 24.3 Å². The van der Waals surface area contributed by atoms with Crippen LogP contribution < -0.4 is 4.90 Å². The van der Waals surface area contributed by atoms with Crippen molar-refractivity contribution in [3.63, 3.8) is 0 Å². The number of phenolic OH excluding ortho intramolecular Hbond substituents is 1. The van der Waals surface area contributed by atoms with Gasteiger partial charge in [-0.25, -0.2) is 0 Å². The fourth-order valence-electron chi connectivity index (χ4n) is 2.02. The highest BCUT2D eigenvalue weighted by molar-refractivity contribution is 5.89. The molecule has 0 fully saturated rings. The van der Waals surface area contributed by atoms with Crippen molar-refractivity contribution in [2.45, 2.75) is 6.92 Å². The minimum atomic E-state index is 0.137. The molecular weight excluding hydrogens is 254 g/mol. The van der Waals surface area contributed by atoms with E-state index in [1.807, 2.05) is 49.2 Å². The van der Waals surface area contributed by atoms with E-state index in [0.717, 1.165) is 17.3 Å². The first-order valence-corrected chi connectivity index (χ1v) is 6.46. The van der Waals surface area contributed by atoms with Crippen molar-refractivity contribution in [2.24, 2.45) is 0 Å². The topological polar surface area (TPSA) is 62.4 Å². The summed E-state index contributed by atoms with van der Waals surface area (Å²) < 4.78 is 5.24. The number of hydrogen-bond donors (Lipinski definition) is 1. The van der Waals surface area contributed by atoms with Gasteiger partial charge < -0.3 is 14.5 Å². The van der Waals surface area contributed by atoms with Crippen molar-refractivity contribution in [3.8, 4) is 17.2 Å². The molecule has 5 nitrogen and oxygen atoms in total. The minimum Gasteiger partial charge on any atom is -0.507 e. The maximum atomic E-state index is 10.1. The van der Waals surface area contributed by atoms with Crippen LogP contribution in [0.4, 0.5) is 5.95 Å². The van der Waals surface area contributed by atoms with Gasteiger partial charge in [-0.2, -0.15) is 4.98 Å². The second-order valence-corrected chi connectivity index (χ2v) is 4.63. The number of hydrogen-bond acceptors (Lipinski definition) is 5. The van der Waals surface area contributed by atoms with Crippen LogP contribution in [0.2, 0.25) is 0 Å². The zero-order chi connectivity index (χ0) is 14.1. The Hall–Kier alpha value is -2.56. The molecule has 0 spiro atoms. The van der Waals surface area contributed by atoms with Crippen molar-refractivity contribution in [1.82, 2.24) is 10.1 Å². The quantitative estimate of drug-likeness (QED) is 0.791. The number of anilines is 1. The first-order chi connectivity index (χ1) is 9.69. The van der Waals surface area contributed by atoms with Crippen molar-refractivity contribution in [3.05, 3.63) is 36.4 Å². The van der Waals surface area contributed by atoms with Crippen molar-refractivity contribution >= 4 is 16.7 Å². The first kappa shape index (κ1) is 12.5. The van der Waals surface area contributed by atoms with E-state index in [1.54, 1.807) is 6.07 Å². The van der Waals surface area contributed by atoms with Gasteiger partial charge >= 0.3 is 0 Å². The molecule has 0 saturated carbocycles. The van der Waals surface area contributed by atoms with E-state index in [4.69, 9.17) is 4.52 Å². The lowest BCUT2D eigenvalue weighted by molar-refractivity contribution is 0.424. The second-order valence-electron chi connectivity index (χ2n) is 4.63. The van der Waals surface area contributed by atoms with Crippen LogP contribution in [0.3, 0.4) is 0 Å². The highest BCUT2D eigenvalue weighted by Crippen LogP contribution is 2.33. The molecule has 1 aromatic heterocycles. The zero-order valence-corrected chi connectivity index (χ0v) is 11.4. The molecule has 20 heavy (non-hydrogen) atoms. The second kappa shape index (κ2) is 4.85. The Kier molecular flexibility index (Phi) is 3.02. The molecule has 0 amide bonds. The number of rotatable bonds is 3. The van der Waals surface area contributed by atoms with Gasteiger partial charge in [-0.3, -0.25) is 0 Å². The van der Waals surface area contributed by atoms with Gasteiger partial charge in [0.25, 0.3) is 11.8 Å². The van der Waals surface area contributed by atoms with Crippen LogP contribution in [0.15, 0.2) is 40.9 Å². The molecule has 0 aliphatic heterocycles. The lowest BCUT2D eigenvalue weighted by atomic mass is 10.1. The molecule has 1 N–H and O–H groups in total. The molecule has 0 atom stereocenters. The molecule has 0 aliphatic rings. The zero-order valence-electron chi connectivity index (χ0n) is 11.4. The summed E-state index contributed by atoms with van der Waals surface area (Å²) in [6.45, 7) is 2.78. The molecule has 102 valence electrons. The average Bonchev–Trinajstić information content (AvgIpc) is 2.95. The first-order valence-electron chi connectivity index (χ1n) is 6.46. The van der Waals surface area contributed by atoms with Gasteiger partial charge in [0.05, 0.1) is 5.56 Å². The largest absolute Gasteiger partial charge is 0.507 e. The molecule has 3 aromatic rings. The van der Waals surface area contributed by atoms with Crippen LogP contribution in [-0.4, -0.2) is 28.8 Å². The highest BCUT2D eigenvalue weighted by atomic mass is 16.5. The molecule has 1 heterocycles. The van der Waals surface area contributed by atoms with Crippen LogP contribution in [0, 0.1) is 0 Å². The monoisotopic (exact) mass is 269 g/mol. The third kappa shape index (κ3) is 2.07. The Labute approximate surface area is 116 Å². The van der Waals surface area contributed by atoms with Crippen LogP contribution in [0.5, 0.6) is 5.75 Å². The molecule has 0 bridgehead atoms. The standard InChI is InChI=1S/C15H15N3O2/c1-3-18(2)15-16-14(20-17-15)12-8-10-6-4-5-7-11(10)9-13(12)19/h4-9,19H,3H2,1-2H3. The van der Waals surface area contributed by atoms with Gasteiger partial charge in [-0.05, 0) is 35.0 Å². The van der Waals surface area contributed by atoms with Crippen LogP contribution >= 0.6 is 0 Å². The molecule has 5 heteroatoms. The van der Waals surface area contributed by atoms with E-state index < -0.39 is 0 Å². The van der Waals surface area contributed by atoms with E-state index in [9.17, 15) is 5.11 Å². The maximum absolute atomic E-state index is 10.1. The number of fused-ring (bicyclic) bond motifs is 1. The lowest BCUT2D eigenvalue weighted by Crippen LogP contribution is -2.16. The smallest absolute Gasteiger partial charge is 0.266 e. The Morgan fingerprint density at radius 2 is 1.90 bits per heavy atom. The minimum absolute atomic E-state index is 0.137. The molecule has 0 unspecified atom stereocenters. The summed E-state index contributed by atoms with van der Waals surface area (Å²) in [7, 11) is 1.88. The van der Waals surface area contributed by atoms with Crippen LogP contribution in [-0.2, 0) is 0 Å². The van der Waals surface area contributed by atoms with E-state index in [-0.39, 0.29) is 5.75 Å². The predicted octanol–water partition coefficient (Wildman–Crippen LogP) is 3.05. The Balaban J connectivity index is 2.09. The summed E-state index contributed by atoms with van der Waals surface area (Å²) in [6, 6.07) is 11.4. The summed E-state index contributed by atoms with van der Waals surface area (Å²) in [4.78, 5) is 6.17. The summed E-state index contributed by atoms with van der Waals surface area (Å²) >= 11 is 0. The number of phenols is 1. The van der Waals surface area contributed by atoms with Crippen LogP contribution in [0.1, 0.15) is 6.92 Å². The Morgan fingerprint density at radius 3 is 2.60 bits per heavy atom. The van der Waals surface area contributed by atoms with Gasteiger partial charge in [-0.15, -0.1) is 0 Å². The summed E-state index contributed by atoms with van der Waals surface area (Å²) in [5, 5.41) is 16.0. The molecule has 0 aliphatic carbocycles. The highest BCUT2D eigenvalue weighted by Gasteiger charge is 2.15. The van der Waals surface area contributed by atoms with E-state index in [1.165, 1.54) is 0 Å². The summed E-state index contributed by atoms with van der Waals surface area (Å²) in [5.41, 5.74) is 0.548. The number of aromatic hydroxyl groups is 1. The fourth-order valence-corrected chi connectivity index (χ4v) is 2.02. The number of benzene rings is 2. The summed E-state index contributed by atoms with van der Waals surface area (Å²) in [6.07, 6.45) is 0. The number of nitrogens with zero attached hydrogens (tertiary/aromatic N) is 3. The SMILES string of the molecule is CCN(C)c1noc(-c2cc3ccccc3cc2O)n1. The van der Waals surface area contributed by atoms with Gasteiger partial charge in [0.2, 0.25) is 0 Å². The molecule has 0 radical (unpaired) electrons. The van der Waals surface area contributed by atoms with E-state index >= 15 is 0 Å². The maximum Gasteiger partial charge on any atom is 0.266 e. The normalized spacial score (nSPS) is 10.9. The molecule has 3 rings (SSSR count). The van der Waals surface area contributed by atoms with Gasteiger partial charge in [0.1, 0.15) is 5.75 Å². The van der Waals surface area contributed by atoms with Crippen molar-refractivity contribution < 1.29 is 9.63 Å². The van der Waals surface area contributed by atoms with E-state index in [2.05, 4.69) is 10.1 Å². The van der Waals surface area contributed by atoms with E-state index in [0.29, 0.717) is 17.4 Å². The Morgan fingerprint density at radius 1 is 1.20 bits per heavy atom. The summed E-state index contributed by atoms with van der Waals surface area (Å²) in [5.74, 6) is 0.969. The lowest BCUT2D eigenvalue weighted by Gasteiger charge is -2.08. The average molecular weight is 269 g/mol.